The van der Waals surface area contributed by atoms with Gasteiger partial charge in [-0.25, -0.2) is 0 Å². The van der Waals surface area contributed by atoms with E-state index in [-0.39, 0.29) is 5.97 Å². The zero-order chi connectivity index (χ0) is 12.2. The Morgan fingerprint density at radius 3 is 2.44 bits per heavy atom. The van der Waals surface area contributed by atoms with Crippen molar-refractivity contribution in [2.45, 2.75) is 40.0 Å². The number of hydrogen-bond donors (Lipinski definition) is 0. The molecule has 0 unspecified atom stereocenters. The van der Waals surface area contributed by atoms with Crippen LogP contribution in [0.2, 0.25) is 0 Å². The molecule has 1 fully saturated rings. The fourth-order valence-electron chi connectivity index (χ4n) is 2.25. The van der Waals surface area contributed by atoms with Gasteiger partial charge in [-0.2, -0.15) is 0 Å². The van der Waals surface area contributed by atoms with E-state index in [1.54, 1.807) is 0 Å². The number of hydrogen-bond acceptors (Lipinski definition) is 3. The van der Waals surface area contributed by atoms with Gasteiger partial charge in [0.05, 0.1) is 12.5 Å². The average molecular weight is 227 g/mol. The van der Waals surface area contributed by atoms with Gasteiger partial charge in [0.2, 0.25) is 0 Å². The van der Waals surface area contributed by atoms with Gasteiger partial charge in [-0.3, -0.25) is 4.79 Å². The van der Waals surface area contributed by atoms with E-state index in [0.29, 0.717) is 0 Å². The molecule has 1 aliphatic rings. The van der Waals surface area contributed by atoms with Crippen molar-refractivity contribution in [2.24, 2.45) is 11.3 Å². The first-order valence-corrected chi connectivity index (χ1v) is 6.30. The highest BCUT2D eigenvalue weighted by Gasteiger charge is 2.32. The Morgan fingerprint density at radius 2 is 2.06 bits per heavy atom. The molecule has 3 heteroatoms. The van der Waals surface area contributed by atoms with Gasteiger partial charge in [-0.15, -0.1) is 0 Å². The van der Waals surface area contributed by atoms with Crippen molar-refractivity contribution in [3.63, 3.8) is 0 Å². The van der Waals surface area contributed by atoms with Crippen LogP contribution in [-0.2, 0) is 9.53 Å². The summed E-state index contributed by atoms with van der Waals surface area (Å²) >= 11 is 0. The molecule has 0 radical (unpaired) electrons. The summed E-state index contributed by atoms with van der Waals surface area (Å²) < 4.78 is 4.84. The molecule has 0 aromatic rings. The predicted octanol–water partition coefficient (Wildman–Crippen LogP) is 2.31. The largest absolute Gasteiger partial charge is 0.469 e. The lowest BCUT2D eigenvalue weighted by atomic mass is 9.84. The van der Waals surface area contributed by atoms with Crippen molar-refractivity contribution in [3.8, 4) is 0 Å². The molecule has 0 aliphatic heterocycles. The van der Waals surface area contributed by atoms with E-state index in [2.05, 4.69) is 11.8 Å². The first-order valence-electron chi connectivity index (χ1n) is 6.30. The molecule has 16 heavy (non-hydrogen) atoms. The number of esters is 1. The summed E-state index contributed by atoms with van der Waals surface area (Å²) in [5.74, 6) is 0.743. The van der Waals surface area contributed by atoms with Crippen LogP contribution in [0, 0.1) is 11.3 Å². The molecule has 0 aromatic heterocycles. The molecule has 0 N–H and O–H groups in total. The molecule has 0 saturated heterocycles. The highest BCUT2D eigenvalue weighted by Crippen LogP contribution is 2.28. The maximum atomic E-state index is 11.6. The van der Waals surface area contributed by atoms with Crippen LogP contribution in [0.3, 0.4) is 0 Å². The number of carbonyl (C=O) groups excluding carboxylic acids is 1. The molecule has 0 aromatic carbocycles. The standard InChI is InChI=1S/C13H25NO2/c1-5-14(9-11-7-6-8-11)10-13(2,3)12(15)16-4/h11H,5-10H2,1-4H3. The predicted molar refractivity (Wildman–Crippen MR) is 65.3 cm³/mol. The number of rotatable bonds is 6. The quantitative estimate of drug-likeness (QED) is 0.652. The lowest BCUT2D eigenvalue weighted by molar-refractivity contribution is -0.151. The summed E-state index contributed by atoms with van der Waals surface area (Å²) in [5.41, 5.74) is -0.394. The van der Waals surface area contributed by atoms with Crippen LogP contribution >= 0.6 is 0 Å². The van der Waals surface area contributed by atoms with Crippen LogP contribution in [0.25, 0.3) is 0 Å². The molecule has 1 rings (SSSR count). The number of ether oxygens (including phenoxy) is 1. The highest BCUT2D eigenvalue weighted by molar-refractivity contribution is 5.76. The third kappa shape index (κ3) is 3.48. The van der Waals surface area contributed by atoms with Crippen LogP contribution in [-0.4, -0.2) is 37.6 Å². The first kappa shape index (κ1) is 13.5. The number of carbonyl (C=O) groups is 1. The Bertz CT molecular complexity index is 234. The third-order valence-corrected chi connectivity index (χ3v) is 3.55. The van der Waals surface area contributed by atoms with E-state index < -0.39 is 5.41 Å². The summed E-state index contributed by atoms with van der Waals surface area (Å²) in [5, 5.41) is 0. The first-order chi connectivity index (χ1) is 7.49. The summed E-state index contributed by atoms with van der Waals surface area (Å²) in [4.78, 5) is 14.0. The fraction of sp³-hybridized carbons (Fsp3) is 0.923. The van der Waals surface area contributed by atoms with Gasteiger partial charge < -0.3 is 9.64 Å². The van der Waals surface area contributed by atoms with Crippen molar-refractivity contribution >= 4 is 5.97 Å². The monoisotopic (exact) mass is 227 g/mol. The van der Waals surface area contributed by atoms with E-state index in [4.69, 9.17) is 4.74 Å². The molecule has 0 heterocycles. The Labute approximate surface area is 99.1 Å². The van der Waals surface area contributed by atoms with Gasteiger partial charge in [-0.05, 0) is 39.2 Å². The summed E-state index contributed by atoms with van der Waals surface area (Å²) in [6.45, 7) is 9.02. The van der Waals surface area contributed by atoms with Crippen LogP contribution in [0.5, 0.6) is 0 Å². The summed E-state index contributed by atoms with van der Waals surface area (Å²) in [7, 11) is 1.46. The molecule has 94 valence electrons. The molecule has 0 bridgehead atoms. The van der Waals surface area contributed by atoms with Crippen molar-refractivity contribution in [3.05, 3.63) is 0 Å². The van der Waals surface area contributed by atoms with Gasteiger partial charge in [0, 0.05) is 13.1 Å². The van der Waals surface area contributed by atoms with E-state index >= 15 is 0 Å². The molecule has 0 atom stereocenters. The van der Waals surface area contributed by atoms with Crippen LogP contribution in [0.4, 0.5) is 0 Å². The topological polar surface area (TPSA) is 29.5 Å². The van der Waals surface area contributed by atoms with Crippen LogP contribution < -0.4 is 0 Å². The van der Waals surface area contributed by atoms with Crippen molar-refractivity contribution < 1.29 is 9.53 Å². The Hall–Kier alpha value is -0.570. The molecule has 0 amide bonds. The number of nitrogens with zero attached hydrogens (tertiary/aromatic N) is 1. The second-order valence-corrected chi connectivity index (χ2v) is 5.50. The minimum atomic E-state index is -0.394. The van der Waals surface area contributed by atoms with E-state index in [0.717, 1.165) is 25.6 Å². The molecular formula is C13H25NO2. The smallest absolute Gasteiger partial charge is 0.312 e. The second-order valence-electron chi connectivity index (χ2n) is 5.50. The molecule has 0 spiro atoms. The van der Waals surface area contributed by atoms with E-state index in [1.165, 1.54) is 26.4 Å². The van der Waals surface area contributed by atoms with Crippen LogP contribution in [0.15, 0.2) is 0 Å². The normalized spacial score (nSPS) is 17.3. The second kappa shape index (κ2) is 5.67. The Balaban J connectivity index is 2.44. The zero-order valence-corrected chi connectivity index (χ0v) is 11.1. The number of methoxy groups -OCH3 is 1. The lowest BCUT2D eigenvalue weighted by Gasteiger charge is -2.35. The highest BCUT2D eigenvalue weighted by atomic mass is 16.5. The summed E-state index contributed by atoms with van der Waals surface area (Å²) in [6.07, 6.45) is 4.09. The molecular weight excluding hydrogens is 202 g/mol. The Morgan fingerprint density at radius 1 is 1.44 bits per heavy atom. The zero-order valence-electron chi connectivity index (χ0n) is 11.1. The lowest BCUT2D eigenvalue weighted by Crippen LogP contribution is -2.42. The molecule has 3 nitrogen and oxygen atoms in total. The van der Waals surface area contributed by atoms with Gasteiger partial charge in [0.25, 0.3) is 0 Å². The SMILES string of the molecule is CCN(CC1CCC1)CC(C)(C)C(=O)OC. The summed E-state index contributed by atoms with van der Waals surface area (Å²) in [6, 6.07) is 0. The Kier molecular flexibility index (Phi) is 4.78. The van der Waals surface area contributed by atoms with Gasteiger partial charge in [0.1, 0.15) is 0 Å². The van der Waals surface area contributed by atoms with Crippen molar-refractivity contribution in [2.75, 3.05) is 26.7 Å². The average Bonchev–Trinajstić information content (AvgIpc) is 2.19. The fourth-order valence-corrected chi connectivity index (χ4v) is 2.25. The van der Waals surface area contributed by atoms with Gasteiger partial charge in [-0.1, -0.05) is 13.3 Å². The van der Waals surface area contributed by atoms with E-state index in [1.807, 2.05) is 13.8 Å². The maximum absolute atomic E-state index is 11.6. The minimum Gasteiger partial charge on any atom is -0.469 e. The van der Waals surface area contributed by atoms with Gasteiger partial charge >= 0.3 is 5.97 Å². The molecule has 1 saturated carbocycles. The third-order valence-electron chi connectivity index (χ3n) is 3.55. The maximum Gasteiger partial charge on any atom is 0.312 e. The minimum absolute atomic E-state index is 0.112. The molecule has 1 aliphatic carbocycles. The van der Waals surface area contributed by atoms with E-state index in [9.17, 15) is 4.79 Å². The van der Waals surface area contributed by atoms with Crippen LogP contribution in [0.1, 0.15) is 40.0 Å². The van der Waals surface area contributed by atoms with Gasteiger partial charge in [0.15, 0.2) is 0 Å². The van der Waals surface area contributed by atoms with Crippen molar-refractivity contribution in [1.29, 1.82) is 0 Å². The van der Waals surface area contributed by atoms with Crippen molar-refractivity contribution in [1.82, 2.24) is 4.90 Å².